The standard InChI is InChI=1S/C18H13F3INO4/c19-18(20,21)27-13-8-5-12(6-9-13)7-10-17(25)26-11-16(24)23-15-4-2-1-3-14(15)22/h1-10H,11H2,(H,23,24)/b10-7+. The van der Waals surface area contributed by atoms with Crippen molar-refractivity contribution >= 4 is 46.2 Å². The van der Waals surface area contributed by atoms with Crippen molar-refractivity contribution in [2.45, 2.75) is 6.36 Å². The SMILES string of the molecule is O=C(COC(=O)/C=C/c1ccc(OC(F)(F)F)cc1)Nc1ccccc1I. The summed E-state index contributed by atoms with van der Waals surface area (Å²) in [5, 5.41) is 2.61. The fourth-order valence-electron chi connectivity index (χ4n) is 1.88. The van der Waals surface area contributed by atoms with Crippen molar-refractivity contribution in [2.24, 2.45) is 0 Å². The zero-order chi connectivity index (χ0) is 19.9. The van der Waals surface area contributed by atoms with Crippen LogP contribution in [0, 0.1) is 3.57 Å². The number of nitrogens with one attached hydrogen (secondary N) is 1. The number of hydrogen-bond acceptors (Lipinski definition) is 4. The predicted octanol–water partition coefficient (Wildman–Crippen LogP) is 4.38. The highest BCUT2D eigenvalue weighted by Crippen LogP contribution is 2.23. The number of ether oxygens (including phenoxy) is 2. The van der Waals surface area contributed by atoms with E-state index in [-0.39, 0.29) is 5.75 Å². The smallest absolute Gasteiger partial charge is 0.452 e. The van der Waals surface area contributed by atoms with Gasteiger partial charge in [0.15, 0.2) is 6.61 Å². The Balaban J connectivity index is 1.81. The van der Waals surface area contributed by atoms with Gasteiger partial charge in [-0.2, -0.15) is 0 Å². The van der Waals surface area contributed by atoms with E-state index in [1.807, 2.05) is 12.1 Å². The van der Waals surface area contributed by atoms with E-state index in [0.717, 1.165) is 21.8 Å². The van der Waals surface area contributed by atoms with Crippen LogP contribution in [0.25, 0.3) is 6.08 Å². The number of para-hydroxylation sites is 1. The Kier molecular flexibility index (Phi) is 7.22. The molecule has 0 spiro atoms. The maximum atomic E-state index is 12.1. The number of carbonyl (C=O) groups excluding carboxylic acids is 2. The molecule has 0 aromatic heterocycles. The molecular formula is C18H13F3INO4. The molecule has 0 unspecified atom stereocenters. The van der Waals surface area contributed by atoms with Gasteiger partial charge in [0.25, 0.3) is 5.91 Å². The molecule has 2 rings (SSSR count). The van der Waals surface area contributed by atoms with Crippen molar-refractivity contribution in [1.29, 1.82) is 0 Å². The summed E-state index contributed by atoms with van der Waals surface area (Å²) in [6.07, 6.45) is -2.35. The lowest BCUT2D eigenvalue weighted by Crippen LogP contribution is -2.20. The molecule has 0 aliphatic carbocycles. The van der Waals surface area contributed by atoms with E-state index in [1.54, 1.807) is 12.1 Å². The molecular weight excluding hydrogens is 478 g/mol. The summed E-state index contributed by atoms with van der Waals surface area (Å²) in [6.45, 7) is -0.466. The molecule has 0 radical (unpaired) electrons. The summed E-state index contributed by atoms with van der Waals surface area (Å²) in [5.41, 5.74) is 1.07. The number of esters is 1. The number of rotatable bonds is 6. The second kappa shape index (κ2) is 9.40. The molecule has 5 nitrogen and oxygen atoms in total. The van der Waals surface area contributed by atoms with Crippen LogP contribution in [0.5, 0.6) is 5.75 Å². The third-order valence-electron chi connectivity index (χ3n) is 3.02. The molecule has 1 N–H and O–H groups in total. The van der Waals surface area contributed by atoms with E-state index in [1.165, 1.54) is 18.2 Å². The quantitative estimate of drug-likeness (QED) is 0.370. The Morgan fingerprint density at radius 2 is 1.74 bits per heavy atom. The summed E-state index contributed by atoms with van der Waals surface area (Å²) in [6, 6.07) is 12.0. The summed E-state index contributed by atoms with van der Waals surface area (Å²) in [4.78, 5) is 23.4. The van der Waals surface area contributed by atoms with E-state index >= 15 is 0 Å². The van der Waals surface area contributed by atoms with Gasteiger partial charge in [0.05, 0.1) is 5.69 Å². The number of hydrogen-bond donors (Lipinski definition) is 1. The van der Waals surface area contributed by atoms with E-state index < -0.39 is 24.8 Å². The lowest BCUT2D eigenvalue weighted by Gasteiger charge is -2.08. The van der Waals surface area contributed by atoms with Gasteiger partial charge in [-0.15, -0.1) is 13.2 Å². The number of halogens is 4. The van der Waals surface area contributed by atoms with Crippen molar-refractivity contribution < 1.29 is 32.2 Å². The third-order valence-corrected chi connectivity index (χ3v) is 3.96. The number of benzene rings is 2. The topological polar surface area (TPSA) is 64.6 Å². The van der Waals surface area contributed by atoms with Gasteiger partial charge in [-0.05, 0) is 58.5 Å². The van der Waals surface area contributed by atoms with E-state index in [9.17, 15) is 22.8 Å². The highest BCUT2D eigenvalue weighted by molar-refractivity contribution is 14.1. The molecule has 0 bridgehead atoms. The average Bonchev–Trinajstić information content (AvgIpc) is 2.60. The largest absolute Gasteiger partial charge is 0.573 e. The number of anilines is 1. The van der Waals surface area contributed by atoms with Crippen LogP contribution in [0.1, 0.15) is 5.56 Å². The van der Waals surface area contributed by atoms with Gasteiger partial charge in [-0.25, -0.2) is 4.79 Å². The lowest BCUT2D eigenvalue weighted by atomic mass is 10.2. The minimum Gasteiger partial charge on any atom is -0.452 e. The van der Waals surface area contributed by atoms with Gasteiger partial charge in [0.2, 0.25) is 0 Å². The normalized spacial score (nSPS) is 11.3. The fourth-order valence-corrected chi connectivity index (χ4v) is 2.40. The van der Waals surface area contributed by atoms with Gasteiger partial charge in [0, 0.05) is 9.65 Å². The highest BCUT2D eigenvalue weighted by Gasteiger charge is 2.30. The molecule has 142 valence electrons. The fraction of sp³-hybridized carbons (Fsp3) is 0.111. The van der Waals surface area contributed by atoms with Gasteiger partial charge in [-0.3, -0.25) is 4.79 Å². The highest BCUT2D eigenvalue weighted by atomic mass is 127. The van der Waals surface area contributed by atoms with Crippen LogP contribution < -0.4 is 10.1 Å². The van der Waals surface area contributed by atoms with Crippen molar-refractivity contribution in [1.82, 2.24) is 0 Å². The van der Waals surface area contributed by atoms with Crippen LogP contribution in [0.3, 0.4) is 0 Å². The first-order valence-electron chi connectivity index (χ1n) is 7.48. The van der Waals surface area contributed by atoms with Gasteiger partial charge in [0.1, 0.15) is 5.75 Å². The molecule has 2 aromatic rings. The van der Waals surface area contributed by atoms with Gasteiger partial charge >= 0.3 is 12.3 Å². The predicted molar refractivity (Wildman–Crippen MR) is 101 cm³/mol. The first kappa shape index (κ1) is 20.7. The Hall–Kier alpha value is -2.56. The maximum absolute atomic E-state index is 12.1. The van der Waals surface area contributed by atoms with E-state index in [4.69, 9.17) is 4.74 Å². The number of amides is 1. The van der Waals surface area contributed by atoms with Crippen LogP contribution >= 0.6 is 22.6 Å². The van der Waals surface area contributed by atoms with Crippen molar-refractivity contribution in [3.05, 3.63) is 63.7 Å². The monoisotopic (exact) mass is 491 g/mol. The molecule has 0 aliphatic heterocycles. The lowest BCUT2D eigenvalue weighted by molar-refractivity contribution is -0.274. The number of carbonyl (C=O) groups is 2. The van der Waals surface area contributed by atoms with Crippen molar-refractivity contribution in [2.75, 3.05) is 11.9 Å². The summed E-state index contributed by atoms with van der Waals surface area (Å²) < 4.78 is 45.6. The minimum atomic E-state index is -4.76. The molecule has 2 aromatic carbocycles. The zero-order valence-corrected chi connectivity index (χ0v) is 15.8. The molecule has 27 heavy (non-hydrogen) atoms. The van der Waals surface area contributed by atoms with Crippen molar-refractivity contribution in [3.63, 3.8) is 0 Å². The summed E-state index contributed by atoms with van der Waals surface area (Å²) in [5.74, 6) is -1.62. The summed E-state index contributed by atoms with van der Waals surface area (Å²) >= 11 is 2.06. The average molecular weight is 491 g/mol. The van der Waals surface area contributed by atoms with E-state index in [2.05, 4.69) is 32.6 Å². The molecule has 0 saturated heterocycles. The Labute approximate surface area is 166 Å². The Bertz CT molecular complexity index is 835. The van der Waals surface area contributed by atoms with Crippen molar-refractivity contribution in [3.8, 4) is 5.75 Å². The van der Waals surface area contributed by atoms with Crippen LogP contribution in [0.15, 0.2) is 54.6 Å². The molecule has 0 heterocycles. The number of alkyl halides is 3. The molecule has 1 amide bonds. The first-order chi connectivity index (χ1) is 12.7. The first-order valence-corrected chi connectivity index (χ1v) is 8.56. The molecule has 0 saturated carbocycles. The van der Waals surface area contributed by atoms with E-state index in [0.29, 0.717) is 11.3 Å². The van der Waals surface area contributed by atoms with Gasteiger partial charge in [-0.1, -0.05) is 24.3 Å². The second-order valence-corrected chi connectivity index (χ2v) is 6.25. The molecule has 0 atom stereocenters. The maximum Gasteiger partial charge on any atom is 0.573 e. The second-order valence-electron chi connectivity index (χ2n) is 5.09. The molecule has 0 aliphatic rings. The third kappa shape index (κ3) is 7.69. The van der Waals surface area contributed by atoms with Crippen LogP contribution in [0.2, 0.25) is 0 Å². The van der Waals surface area contributed by atoms with Crippen LogP contribution in [-0.4, -0.2) is 24.8 Å². The Morgan fingerprint density at radius 1 is 1.07 bits per heavy atom. The van der Waals surface area contributed by atoms with Crippen LogP contribution in [0.4, 0.5) is 18.9 Å². The molecule has 0 fully saturated rings. The summed E-state index contributed by atoms with van der Waals surface area (Å²) in [7, 11) is 0. The van der Waals surface area contributed by atoms with Gasteiger partial charge < -0.3 is 14.8 Å². The zero-order valence-electron chi connectivity index (χ0n) is 13.6. The van der Waals surface area contributed by atoms with Crippen LogP contribution in [-0.2, 0) is 14.3 Å². The minimum absolute atomic E-state index is 0.366. The Morgan fingerprint density at radius 3 is 2.37 bits per heavy atom. The molecule has 9 heteroatoms.